The number of benzene rings is 1. The van der Waals surface area contributed by atoms with Crippen LogP contribution in [0.4, 0.5) is 4.79 Å². The topological polar surface area (TPSA) is 84.9 Å². The van der Waals surface area contributed by atoms with Crippen molar-refractivity contribution in [2.75, 3.05) is 6.61 Å². The van der Waals surface area contributed by atoms with Crippen LogP contribution < -0.4 is 5.32 Å². The summed E-state index contributed by atoms with van der Waals surface area (Å²) in [5.41, 5.74) is 0.764. The van der Waals surface area contributed by atoms with Crippen molar-refractivity contribution >= 4 is 12.6 Å². The van der Waals surface area contributed by atoms with E-state index in [1.54, 1.807) is 0 Å². The molecule has 0 heterocycles. The molecule has 1 amide bonds. The zero-order chi connectivity index (χ0) is 17.0. The van der Waals surface area contributed by atoms with E-state index in [-0.39, 0.29) is 24.7 Å². The van der Waals surface area contributed by atoms with Gasteiger partial charge in [-0.3, -0.25) is 4.79 Å². The van der Waals surface area contributed by atoms with Crippen LogP contribution in [0.2, 0.25) is 0 Å². The lowest BCUT2D eigenvalue weighted by atomic mass is 10.2. The Balaban J connectivity index is 0.00000135. The minimum atomic E-state index is -0.422. The maximum Gasteiger partial charge on any atom is 0.407 e. The Morgan fingerprint density at radius 1 is 1.32 bits per heavy atom. The summed E-state index contributed by atoms with van der Waals surface area (Å²) in [4.78, 5) is 19.9. The summed E-state index contributed by atoms with van der Waals surface area (Å²) in [5, 5.41) is 9.63. The second-order valence-corrected chi connectivity index (χ2v) is 5.64. The van der Waals surface area contributed by atoms with E-state index >= 15 is 0 Å². The molecule has 2 N–H and O–H groups in total. The summed E-state index contributed by atoms with van der Waals surface area (Å²) < 4.78 is 10.7. The molecule has 22 heavy (non-hydrogen) atoms. The molecule has 0 aliphatic carbocycles. The van der Waals surface area contributed by atoms with E-state index in [1.807, 2.05) is 58.0 Å². The maximum absolute atomic E-state index is 11.6. The molecule has 6 nitrogen and oxygen atoms in total. The van der Waals surface area contributed by atoms with Gasteiger partial charge in [-0.05, 0) is 33.3 Å². The van der Waals surface area contributed by atoms with E-state index < -0.39 is 6.09 Å². The molecule has 124 valence electrons. The van der Waals surface area contributed by atoms with E-state index in [4.69, 9.17) is 19.4 Å². The van der Waals surface area contributed by atoms with Crippen molar-refractivity contribution in [1.29, 1.82) is 0 Å². The van der Waals surface area contributed by atoms with Gasteiger partial charge in [0.1, 0.15) is 6.61 Å². The van der Waals surface area contributed by atoms with E-state index in [1.165, 1.54) is 0 Å². The summed E-state index contributed by atoms with van der Waals surface area (Å²) in [6, 6.07) is 9.50. The molecule has 0 bridgehead atoms. The van der Waals surface area contributed by atoms with Crippen molar-refractivity contribution < 1.29 is 24.2 Å². The quantitative estimate of drug-likeness (QED) is 0.817. The number of hydrogen-bond acceptors (Lipinski definition) is 4. The van der Waals surface area contributed by atoms with E-state index in [9.17, 15) is 4.79 Å². The first-order valence-electron chi connectivity index (χ1n) is 6.97. The number of carbonyl (C=O) groups excluding carboxylic acids is 1. The monoisotopic (exact) mass is 311 g/mol. The number of ether oxygens (including phenoxy) is 2. The molecule has 1 atom stereocenters. The Morgan fingerprint density at radius 3 is 2.36 bits per heavy atom. The lowest BCUT2D eigenvalue weighted by Crippen LogP contribution is -2.38. The van der Waals surface area contributed by atoms with Crippen molar-refractivity contribution in [1.82, 2.24) is 5.32 Å². The Labute approximate surface area is 131 Å². The summed E-state index contributed by atoms with van der Waals surface area (Å²) in [6.45, 7) is 8.31. The third kappa shape index (κ3) is 11.7. The predicted molar refractivity (Wildman–Crippen MR) is 83.6 cm³/mol. The third-order valence-electron chi connectivity index (χ3n) is 2.34. The summed E-state index contributed by atoms with van der Waals surface area (Å²) in [7, 11) is 0. The van der Waals surface area contributed by atoms with Crippen LogP contribution in [0.3, 0.4) is 0 Å². The number of hydrogen-bond donors (Lipinski definition) is 2. The SMILES string of the molecule is CC(COC(C)(C)C)NC(=O)OCc1ccccc1.O=CO. The zero-order valence-electron chi connectivity index (χ0n) is 13.5. The van der Waals surface area contributed by atoms with Crippen molar-refractivity contribution in [2.45, 2.75) is 45.9 Å². The summed E-state index contributed by atoms with van der Waals surface area (Å²) in [6.07, 6.45) is -0.422. The fourth-order valence-electron chi connectivity index (χ4n) is 1.38. The smallest absolute Gasteiger partial charge is 0.407 e. The molecule has 0 radical (unpaired) electrons. The molecule has 0 aromatic heterocycles. The Morgan fingerprint density at radius 2 is 1.86 bits per heavy atom. The molecule has 1 aromatic carbocycles. The summed E-state index contributed by atoms with van der Waals surface area (Å²) >= 11 is 0. The van der Waals surface area contributed by atoms with Crippen LogP contribution in [-0.4, -0.2) is 35.9 Å². The van der Waals surface area contributed by atoms with Gasteiger partial charge in [0.2, 0.25) is 0 Å². The molecule has 0 aliphatic heterocycles. The van der Waals surface area contributed by atoms with Gasteiger partial charge in [0.05, 0.1) is 18.2 Å². The number of carbonyl (C=O) groups is 2. The number of amides is 1. The highest BCUT2D eigenvalue weighted by Crippen LogP contribution is 2.07. The van der Waals surface area contributed by atoms with Crippen LogP contribution in [0, 0.1) is 0 Å². The van der Waals surface area contributed by atoms with Crippen LogP contribution in [0.15, 0.2) is 30.3 Å². The first kappa shape index (κ1) is 19.9. The highest BCUT2D eigenvalue weighted by atomic mass is 16.5. The van der Waals surface area contributed by atoms with Crippen molar-refractivity contribution in [3.63, 3.8) is 0 Å². The lowest BCUT2D eigenvalue weighted by Gasteiger charge is -2.22. The average molecular weight is 311 g/mol. The van der Waals surface area contributed by atoms with Crippen LogP contribution in [0.5, 0.6) is 0 Å². The number of nitrogens with one attached hydrogen (secondary N) is 1. The molecule has 1 unspecified atom stereocenters. The van der Waals surface area contributed by atoms with Gasteiger partial charge in [0.25, 0.3) is 6.47 Å². The fourth-order valence-corrected chi connectivity index (χ4v) is 1.38. The van der Waals surface area contributed by atoms with Crippen molar-refractivity contribution in [3.8, 4) is 0 Å². The molecular weight excluding hydrogens is 286 g/mol. The van der Waals surface area contributed by atoms with Crippen LogP contribution in [0.1, 0.15) is 33.3 Å². The Kier molecular flexibility index (Phi) is 9.61. The van der Waals surface area contributed by atoms with E-state index in [0.29, 0.717) is 6.61 Å². The van der Waals surface area contributed by atoms with Gasteiger partial charge in [-0.15, -0.1) is 0 Å². The standard InChI is InChI=1S/C15H23NO3.CH2O2/c1-12(10-19-15(2,3)4)16-14(17)18-11-13-8-6-5-7-9-13;2-1-3/h5-9,12H,10-11H2,1-4H3,(H,16,17);1H,(H,2,3). The number of rotatable bonds is 5. The maximum atomic E-state index is 11.6. The Hall–Kier alpha value is -2.08. The van der Waals surface area contributed by atoms with Gasteiger partial charge >= 0.3 is 6.09 Å². The van der Waals surface area contributed by atoms with Gasteiger partial charge in [-0.2, -0.15) is 0 Å². The molecule has 6 heteroatoms. The molecule has 0 aliphatic rings. The van der Waals surface area contributed by atoms with Crippen LogP contribution in [-0.2, 0) is 20.9 Å². The molecule has 0 saturated heterocycles. The molecule has 0 spiro atoms. The lowest BCUT2D eigenvalue weighted by molar-refractivity contribution is -0.122. The largest absolute Gasteiger partial charge is 0.483 e. The molecule has 0 fully saturated rings. The van der Waals surface area contributed by atoms with E-state index in [2.05, 4.69) is 5.32 Å². The summed E-state index contributed by atoms with van der Waals surface area (Å²) in [5.74, 6) is 0. The normalized spacial score (nSPS) is 11.6. The van der Waals surface area contributed by atoms with Gasteiger partial charge in [0.15, 0.2) is 0 Å². The molecular formula is C16H25NO5. The minimum absolute atomic E-state index is 0.0810. The predicted octanol–water partition coefficient (Wildman–Crippen LogP) is 2.82. The van der Waals surface area contributed by atoms with Gasteiger partial charge in [0, 0.05) is 0 Å². The first-order valence-corrected chi connectivity index (χ1v) is 6.97. The second-order valence-electron chi connectivity index (χ2n) is 5.64. The highest BCUT2D eigenvalue weighted by molar-refractivity contribution is 5.67. The van der Waals surface area contributed by atoms with Gasteiger partial charge in [-0.25, -0.2) is 4.79 Å². The number of carboxylic acid groups (broad SMARTS) is 1. The van der Waals surface area contributed by atoms with Crippen LogP contribution in [0.25, 0.3) is 0 Å². The highest BCUT2D eigenvalue weighted by Gasteiger charge is 2.14. The van der Waals surface area contributed by atoms with Gasteiger partial charge in [-0.1, -0.05) is 30.3 Å². The third-order valence-corrected chi connectivity index (χ3v) is 2.34. The van der Waals surface area contributed by atoms with Crippen molar-refractivity contribution in [3.05, 3.63) is 35.9 Å². The second kappa shape index (κ2) is 10.6. The average Bonchev–Trinajstić information content (AvgIpc) is 2.44. The fraction of sp³-hybridized carbons (Fsp3) is 0.500. The Bertz CT molecular complexity index is 428. The van der Waals surface area contributed by atoms with Gasteiger partial charge < -0.3 is 19.9 Å². The molecule has 1 aromatic rings. The molecule has 1 rings (SSSR count). The molecule has 0 saturated carbocycles. The number of alkyl carbamates (subject to hydrolysis) is 1. The first-order chi connectivity index (χ1) is 10.3. The van der Waals surface area contributed by atoms with E-state index in [0.717, 1.165) is 5.56 Å². The van der Waals surface area contributed by atoms with Crippen LogP contribution >= 0.6 is 0 Å². The minimum Gasteiger partial charge on any atom is -0.483 e. The van der Waals surface area contributed by atoms with Crippen molar-refractivity contribution in [2.24, 2.45) is 0 Å². The zero-order valence-corrected chi connectivity index (χ0v) is 13.5.